The number of Topliss-reactive ketones (excluding diaryl/α,β-unsaturated/α-hetero) is 1. The molecule has 1 aliphatic heterocycles. The van der Waals surface area contributed by atoms with Crippen molar-refractivity contribution in [1.29, 1.82) is 0 Å². The van der Waals surface area contributed by atoms with Crippen LogP contribution in [0.4, 0.5) is 11.4 Å². The predicted molar refractivity (Wildman–Crippen MR) is 118 cm³/mol. The van der Waals surface area contributed by atoms with Crippen LogP contribution in [0.3, 0.4) is 0 Å². The second-order valence-corrected chi connectivity index (χ2v) is 7.36. The highest BCUT2D eigenvalue weighted by molar-refractivity contribution is 6.51. The molecule has 1 heterocycles. The molecule has 0 radical (unpaired) electrons. The largest absolute Gasteiger partial charge is 0.507 e. The summed E-state index contributed by atoms with van der Waals surface area (Å²) in [4.78, 5) is 29.5. The number of aliphatic hydroxyl groups is 1. The molecule has 1 saturated heterocycles. The molecule has 0 aliphatic carbocycles. The van der Waals surface area contributed by atoms with Gasteiger partial charge in [-0.25, -0.2) is 0 Å². The molecule has 3 aromatic carbocycles. The first-order valence-corrected chi connectivity index (χ1v) is 9.68. The van der Waals surface area contributed by atoms with Gasteiger partial charge < -0.3 is 10.0 Å². The van der Waals surface area contributed by atoms with Crippen LogP contribution < -0.4 is 9.80 Å². The van der Waals surface area contributed by atoms with Crippen molar-refractivity contribution < 1.29 is 14.7 Å². The van der Waals surface area contributed by atoms with Crippen LogP contribution in [0.2, 0.25) is 0 Å². The minimum absolute atomic E-state index is 0.0904. The van der Waals surface area contributed by atoms with E-state index in [9.17, 15) is 14.7 Å². The highest BCUT2D eigenvalue weighted by atomic mass is 16.3. The van der Waals surface area contributed by atoms with Gasteiger partial charge in [0.2, 0.25) is 0 Å². The van der Waals surface area contributed by atoms with Crippen molar-refractivity contribution in [2.75, 3.05) is 23.9 Å². The van der Waals surface area contributed by atoms with Gasteiger partial charge in [-0.3, -0.25) is 14.5 Å². The van der Waals surface area contributed by atoms with Crippen molar-refractivity contribution in [3.63, 3.8) is 0 Å². The van der Waals surface area contributed by atoms with Crippen molar-refractivity contribution in [2.24, 2.45) is 0 Å². The second-order valence-electron chi connectivity index (χ2n) is 7.36. The fourth-order valence-corrected chi connectivity index (χ4v) is 3.71. The molecule has 1 N–H and O–H groups in total. The lowest BCUT2D eigenvalue weighted by atomic mass is 9.95. The fraction of sp³-hybridized carbons (Fsp3) is 0.120. The first kappa shape index (κ1) is 19.5. The minimum Gasteiger partial charge on any atom is -0.507 e. The Kier molecular flexibility index (Phi) is 5.11. The average Bonchev–Trinajstić information content (AvgIpc) is 3.05. The Balaban J connectivity index is 1.92. The second kappa shape index (κ2) is 7.87. The van der Waals surface area contributed by atoms with Crippen molar-refractivity contribution in [1.82, 2.24) is 0 Å². The Morgan fingerprint density at radius 3 is 1.97 bits per heavy atom. The first-order valence-electron chi connectivity index (χ1n) is 9.68. The predicted octanol–water partition coefficient (Wildman–Crippen LogP) is 4.38. The number of amides is 1. The van der Waals surface area contributed by atoms with Gasteiger partial charge in [-0.2, -0.15) is 0 Å². The summed E-state index contributed by atoms with van der Waals surface area (Å²) in [5.41, 5.74) is 2.94. The van der Waals surface area contributed by atoms with E-state index in [-0.39, 0.29) is 11.3 Å². The van der Waals surface area contributed by atoms with Crippen LogP contribution in [0.1, 0.15) is 17.2 Å². The van der Waals surface area contributed by atoms with Crippen LogP contribution in [0.15, 0.2) is 90.5 Å². The maximum absolute atomic E-state index is 13.0. The summed E-state index contributed by atoms with van der Waals surface area (Å²) in [6.45, 7) is 0. The lowest BCUT2D eigenvalue weighted by molar-refractivity contribution is -0.132. The molecule has 0 aromatic heterocycles. The van der Waals surface area contributed by atoms with E-state index in [2.05, 4.69) is 0 Å². The highest BCUT2D eigenvalue weighted by Gasteiger charge is 2.46. The molecule has 150 valence electrons. The van der Waals surface area contributed by atoms with Gasteiger partial charge in [-0.1, -0.05) is 60.7 Å². The van der Waals surface area contributed by atoms with Crippen molar-refractivity contribution >= 4 is 28.8 Å². The number of anilines is 2. The van der Waals surface area contributed by atoms with Crippen LogP contribution >= 0.6 is 0 Å². The Hall–Kier alpha value is -3.86. The summed E-state index contributed by atoms with van der Waals surface area (Å²) in [5, 5.41) is 11.0. The number of hydrogen-bond acceptors (Lipinski definition) is 4. The van der Waals surface area contributed by atoms with E-state index < -0.39 is 17.7 Å². The van der Waals surface area contributed by atoms with Crippen LogP contribution in [0.25, 0.3) is 5.76 Å². The molecule has 1 unspecified atom stereocenters. The molecule has 1 atom stereocenters. The maximum atomic E-state index is 13.0. The number of carbonyl (C=O) groups excluding carboxylic acids is 2. The zero-order valence-electron chi connectivity index (χ0n) is 16.8. The van der Waals surface area contributed by atoms with Crippen LogP contribution in [-0.2, 0) is 9.59 Å². The van der Waals surface area contributed by atoms with E-state index >= 15 is 0 Å². The highest BCUT2D eigenvalue weighted by Crippen LogP contribution is 2.42. The number of carbonyl (C=O) groups is 2. The van der Waals surface area contributed by atoms with Crippen LogP contribution in [-0.4, -0.2) is 30.9 Å². The molecule has 1 fully saturated rings. The van der Waals surface area contributed by atoms with Gasteiger partial charge in [0, 0.05) is 31.0 Å². The first-order chi connectivity index (χ1) is 14.5. The number of aliphatic hydroxyl groups excluding tert-OH is 1. The molecular weight excluding hydrogens is 376 g/mol. The van der Waals surface area contributed by atoms with E-state index in [0.29, 0.717) is 11.3 Å². The van der Waals surface area contributed by atoms with Gasteiger partial charge in [0.1, 0.15) is 5.76 Å². The molecule has 30 heavy (non-hydrogen) atoms. The number of ketones is 1. The molecule has 1 amide bonds. The Morgan fingerprint density at radius 2 is 1.40 bits per heavy atom. The summed E-state index contributed by atoms with van der Waals surface area (Å²) >= 11 is 0. The monoisotopic (exact) mass is 398 g/mol. The van der Waals surface area contributed by atoms with Gasteiger partial charge in [0.05, 0.1) is 11.6 Å². The SMILES string of the molecule is CN(C)c1ccc(C2/C(=C(\O)c3ccccc3)C(=O)C(=O)N2c2ccccc2)cc1. The van der Waals surface area contributed by atoms with Crippen molar-refractivity contribution in [3.05, 3.63) is 102 Å². The van der Waals surface area contributed by atoms with Crippen molar-refractivity contribution in [2.45, 2.75) is 6.04 Å². The number of benzene rings is 3. The molecule has 4 rings (SSSR count). The summed E-state index contributed by atoms with van der Waals surface area (Å²) in [7, 11) is 3.89. The number of para-hydroxylation sites is 1. The topological polar surface area (TPSA) is 60.9 Å². The summed E-state index contributed by atoms with van der Waals surface area (Å²) in [5.74, 6) is -1.52. The molecular formula is C25H22N2O3. The van der Waals surface area contributed by atoms with Gasteiger partial charge in [0.25, 0.3) is 11.7 Å². The lowest BCUT2D eigenvalue weighted by Gasteiger charge is -2.26. The minimum atomic E-state index is -0.719. The van der Waals surface area contributed by atoms with E-state index in [1.54, 1.807) is 36.4 Å². The van der Waals surface area contributed by atoms with E-state index in [0.717, 1.165) is 11.3 Å². The molecule has 0 bridgehead atoms. The van der Waals surface area contributed by atoms with Crippen molar-refractivity contribution in [3.8, 4) is 0 Å². The van der Waals surface area contributed by atoms with Crippen LogP contribution in [0, 0.1) is 0 Å². The normalized spacial score (nSPS) is 17.9. The Morgan fingerprint density at radius 1 is 0.833 bits per heavy atom. The molecule has 3 aromatic rings. The number of rotatable bonds is 4. The van der Waals surface area contributed by atoms with Gasteiger partial charge in [0.15, 0.2) is 0 Å². The Labute approximate surface area is 175 Å². The Bertz CT molecular complexity index is 1100. The maximum Gasteiger partial charge on any atom is 0.300 e. The zero-order chi connectivity index (χ0) is 21.3. The van der Waals surface area contributed by atoms with Gasteiger partial charge in [-0.05, 0) is 29.8 Å². The third-order valence-electron chi connectivity index (χ3n) is 5.25. The third-order valence-corrected chi connectivity index (χ3v) is 5.25. The van der Waals surface area contributed by atoms with E-state index in [4.69, 9.17) is 0 Å². The molecule has 0 saturated carbocycles. The molecule has 5 nitrogen and oxygen atoms in total. The van der Waals surface area contributed by atoms with E-state index in [1.165, 1.54) is 4.90 Å². The number of nitrogens with zero attached hydrogens (tertiary/aromatic N) is 2. The zero-order valence-corrected chi connectivity index (χ0v) is 16.8. The van der Waals surface area contributed by atoms with Gasteiger partial charge in [-0.15, -0.1) is 0 Å². The lowest BCUT2D eigenvalue weighted by Crippen LogP contribution is -2.29. The molecule has 1 aliphatic rings. The summed E-state index contributed by atoms with van der Waals surface area (Å²) < 4.78 is 0. The quantitative estimate of drug-likeness (QED) is 0.403. The summed E-state index contributed by atoms with van der Waals surface area (Å²) in [6.07, 6.45) is 0. The van der Waals surface area contributed by atoms with E-state index in [1.807, 2.05) is 67.5 Å². The van der Waals surface area contributed by atoms with Crippen LogP contribution in [0.5, 0.6) is 0 Å². The fourth-order valence-electron chi connectivity index (χ4n) is 3.71. The van der Waals surface area contributed by atoms with Gasteiger partial charge >= 0.3 is 0 Å². The summed E-state index contributed by atoms with van der Waals surface area (Å²) in [6, 6.07) is 24.8. The average molecular weight is 398 g/mol. The third kappa shape index (κ3) is 3.35. The molecule has 5 heteroatoms. The standard InChI is InChI=1S/C25H22N2O3/c1-26(2)19-15-13-17(14-16-19)22-21(23(28)18-9-5-3-6-10-18)24(29)25(30)27(22)20-11-7-4-8-12-20/h3-16,22,28H,1-2H3/b23-21+. The molecule has 0 spiro atoms. The smallest absolute Gasteiger partial charge is 0.300 e. The number of hydrogen-bond donors (Lipinski definition) is 1.